The lowest BCUT2D eigenvalue weighted by Gasteiger charge is -2.23. The molecule has 2 unspecified atom stereocenters. The van der Waals surface area contributed by atoms with Crippen molar-refractivity contribution in [1.82, 2.24) is 14.5 Å². The number of aromatic nitrogens is 2. The van der Waals surface area contributed by atoms with Crippen molar-refractivity contribution in [2.75, 3.05) is 34.0 Å². The lowest BCUT2D eigenvalue weighted by Crippen LogP contribution is -2.49. The predicted molar refractivity (Wildman–Crippen MR) is 259 cm³/mol. The average molecular weight is 929 g/mol. The van der Waals surface area contributed by atoms with E-state index < -0.39 is 60.4 Å². The van der Waals surface area contributed by atoms with Crippen molar-refractivity contribution in [3.63, 3.8) is 0 Å². The number of ether oxygens (including phenoxy) is 5. The van der Waals surface area contributed by atoms with Crippen molar-refractivity contribution < 1.29 is 38.4 Å². The Hall–Kier alpha value is -7.62. The summed E-state index contributed by atoms with van der Waals surface area (Å²) in [5.41, 5.74) is 14.8. The number of alkyl carbamates (subject to hydrolysis) is 1. The number of carbonyl (C=O) groups is 2. The average Bonchev–Trinajstić information content (AvgIpc) is 3.85. The fourth-order valence-corrected chi connectivity index (χ4v) is 9.10. The van der Waals surface area contributed by atoms with Crippen LogP contribution in [0, 0.1) is 0 Å². The van der Waals surface area contributed by atoms with Gasteiger partial charge < -0.3 is 39.8 Å². The molecular formula is C55H52N4O10. The van der Waals surface area contributed by atoms with E-state index in [9.17, 15) is 24.3 Å². The van der Waals surface area contributed by atoms with Gasteiger partial charge in [0.05, 0.1) is 26.9 Å². The van der Waals surface area contributed by atoms with Gasteiger partial charge in [-0.15, -0.1) is 0 Å². The largest absolute Gasteiger partial charge is 0.497 e. The van der Waals surface area contributed by atoms with Crippen LogP contribution in [0.25, 0.3) is 11.1 Å². The van der Waals surface area contributed by atoms with E-state index in [4.69, 9.17) is 29.4 Å². The molecule has 4 N–H and O–H groups in total. The molecule has 14 heteroatoms. The Bertz CT molecular complexity index is 2900. The van der Waals surface area contributed by atoms with E-state index in [2.05, 4.69) is 29.6 Å². The second kappa shape index (κ2) is 20.7. The maximum atomic E-state index is 13.8. The Balaban J connectivity index is 0.870. The summed E-state index contributed by atoms with van der Waals surface area (Å²) in [7, 11) is 3.28. The molecule has 1 aliphatic heterocycles. The zero-order valence-corrected chi connectivity index (χ0v) is 38.1. The van der Waals surface area contributed by atoms with Crippen LogP contribution in [-0.4, -0.2) is 78.5 Å². The van der Waals surface area contributed by atoms with Crippen LogP contribution in [-0.2, 0) is 27.1 Å². The molecule has 1 aliphatic carbocycles. The quantitative estimate of drug-likeness (QED) is 0.0930. The molecule has 7 aromatic rings. The minimum absolute atomic E-state index is 0.00625. The first-order valence-corrected chi connectivity index (χ1v) is 22.7. The Morgan fingerprint density at radius 2 is 1.17 bits per heavy atom. The molecule has 1 saturated heterocycles. The second-order valence-electron chi connectivity index (χ2n) is 17.1. The van der Waals surface area contributed by atoms with E-state index in [1.165, 1.54) is 0 Å². The number of methoxy groups -OCH3 is 2. The van der Waals surface area contributed by atoms with Gasteiger partial charge in [-0.1, -0.05) is 121 Å². The van der Waals surface area contributed by atoms with Crippen LogP contribution in [0.15, 0.2) is 167 Å². The van der Waals surface area contributed by atoms with Crippen molar-refractivity contribution in [2.24, 2.45) is 5.73 Å². The van der Waals surface area contributed by atoms with Crippen molar-refractivity contribution in [2.45, 2.75) is 49.3 Å². The molecule has 9 rings (SSSR count). The summed E-state index contributed by atoms with van der Waals surface area (Å²) in [6.07, 6.45) is -2.47. The van der Waals surface area contributed by atoms with E-state index in [0.717, 1.165) is 84.0 Å². The molecular weight excluding hydrogens is 877 g/mol. The van der Waals surface area contributed by atoms with Crippen LogP contribution in [0.1, 0.15) is 67.6 Å². The minimum atomic E-state index is -1.30. The Morgan fingerprint density at radius 3 is 1.68 bits per heavy atom. The number of hydrogen-bond donors (Lipinski definition) is 3. The Kier molecular flexibility index (Phi) is 14.0. The number of nitrogens with one attached hydrogen (secondary N) is 1. The summed E-state index contributed by atoms with van der Waals surface area (Å²) in [6, 6.07) is 47.8. The monoisotopic (exact) mass is 928 g/mol. The van der Waals surface area contributed by atoms with Gasteiger partial charge in [0.1, 0.15) is 43.0 Å². The van der Waals surface area contributed by atoms with Crippen LogP contribution < -0.4 is 31.8 Å². The first-order chi connectivity index (χ1) is 33.6. The first kappa shape index (κ1) is 46.5. The smallest absolute Gasteiger partial charge is 0.407 e. The van der Waals surface area contributed by atoms with Gasteiger partial charge in [-0.25, -0.2) is 9.59 Å². The maximum Gasteiger partial charge on any atom is 0.407 e. The van der Waals surface area contributed by atoms with Gasteiger partial charge in [0.25, 0.3) is 11.5 Å². The number of aliphatic hydroxyl groups excluding tert-OH is 1. The van der Waals surface area contributed by atoms with Gasteiger partial charge in [0.15, 0.2) is 6.23 Å². The summed E-state index contributed by atoms with van der Waals surface area (Å²) < 4.78 is 30.4. The molecule has 2 aliphatic rings. The lowest BCUT2D eigenvalue weighted by atomic mass is 9.96. The highest BCUT2D eigenvalue weighted by molar-refractivity contribution is 5.84. The molecule has 0 bridgehead atoms. The summed E-state index contributed by atoms with van der Waals surface area (Å²) in [5, 5.41) is 13.8. The Labute approximate surface area is 398 Å². The molecule has 0 spiro atoms. The topological polar surface area (TPSA) is 183 Å². The number of hydrogen-bond acceptors (Lipinski definition) is 11. The highest BCUT2D eigenvalue weighted by Crippen LogP contribution is 2.44. The number of fused-ring (bicyclic) bond motifs is 3. The zero-order valence-electron chi connectivity index (χ0n) is 38.1. The first-order valence-electron chi connectivity index (χ1n) is 22.7. The van der Waals surface area contributed by atoms with Gasteiger partial charge in [-0.05, 0) is 92.7 Å². The Morgan fingerprint density at radius 1 is 0.681 bits per heavy atom. The molecule has 14 nitrogen and oxygen atoms in total. The summed E-state index contributed by atoms with van der Waals surface area (Å²) in [5.74, 6) is 0.362. The van der Waals surface area contributed by atoms with Crippen LogP contribution in [0.2, 0.25) is 0 Å². The molecule has 69 heavy (non-hydrogen) atoms. The zero-order chi connectivity index (χ0) is 48.0. The fraction of sp³-hybridized carbons (Fsp3) is 0.236. The standard InChI is InChI=1S/C55H52N4O10/c1-65-40-23-15-36(16-24-40)29-34-11-19-38(20-12-34)52(39-21-13-35(14-22-39)30-37-17-25-41(66-2)26-18-37)67-33-47-51(62)50(56)53(69-47)58-28-27-48(60)59(55(58)64)49(61)31-57-54(63)68-32-46-44-9-5-3-7-42(44)43-8-4-6-10-45(43)46/h3-28,46-47,50-53,62H,29-33,56H2,1-2H3,(H,57,63)/t47-,50?,51?,53-/m0/s1. The van der Waals surface area contributed by atoms with Crippen LogP contribution in [0.3, 0.4) is 0 Å². The third kappa shape index (κ3) is 10.2. The number of benzene rings is 6. The molecule has 2 heterocycles. The molecule has 1 amide bonds. The van der Waals surface area contributed by atoms with Gasteiger partial charge >= 0.3 is 11.8 Å². The van der Waals surface area contributed by atoms with Crippen LogP contribution in [0.4, 0.5) is 4.79 Å². The number of nitrogens with two attached hydrogens (primary N) is 1. The molecule has 0 radical (unpaired) electrons. The molecule has 352 valence electrons. The molecule has 1 fully saturated rings. The van der Waals surface area contributed by atoms with E-state index in [1.54, 1.807) is 14.2 Å². The van der Waals surface area contributed by atoms with Gasteiger partial charge in [0.2, 0.25) is 0 Å². The highest BCUT2D eigenvalue weighted by atomic mass is 16.6. The molecule has 0 saturated carbocycles. The van der Waals surface area contributed by atoms with Crippen molar-refractivity contribution >= 4 is 12.0 Å². The second-order valence-corrected chi connectivity index (χ2v) is 17.1. The number of rotatable bonds is 16. The lowest BCUT2D eigenvalue weighted by molar-refractivity contribution is -0.0753. The maximum absolute atomic E-state index is 13.8. The van der Waals surface area contributed by atoms with E-state index in [0.29, 0.717) is 17.4 Å². The third-order valence-corrected chi connectivity index (χ3v) is 12.8. The minimum Gasteiger partial charge on any atom is -0.497 e. The van der Waals surface area contributed by atoms with Gasteiger partial charge in [-0.2, -0.15) is 4.57 Å². The van der Waals surface area contributed by atoms with Gasteiger partial charge in [0, 0.05) is 18.2 Å². The van der Waals surface area contributed by atoms with Crippen molar-refractivity contribution in [1.29, 1.82) is 0 Å². The van der Waals surface area contributed by atoms with Gasteiger partial charge in [-0.3, -0.25) is 14.2 Å². The van der Waals surface area contributed by atoms with Crippen molar-refractivity contribution in [3.05, 3.63) is 223 Å². The van der Waals surface area contributed by atoms with Crippen molar-refractivity contribution in [3.8, 4) is 22.6 Å². The number of aliphatic hydroxyl groups is 1. The number of nitrogens with zero attached hydrogens (tertiary/aromatic N) is 2. The highest BCUT2D eigenvalue weighted by Gasteiger charge is 2.44. The fourth-order valence-electron chi connectivity index (χ4n) is 9.10. The summed E-state index contributed by atoms with van der Waals surface area (Å²) >= 11 is 0. The summed E-state index contributed by atoms with van der Waals surface area (Å²) in [6.45, 7) is -0.834. The number of amides is 1. The normalized spacial score (nSPS) is 17.3. The molecule has 4 atom stereocenters. The molecule has 6 aromatic carbocycles. The summed E-state index contributed by atoms with van der Waals surface area (Å²) in [4.78, 5) is 53.1. The van der Waals surface area contributed by atoms with Crippen LogP contribution in [0.5, 0.6) is 11.5 Å². The molecule has 1 aromatic heterocycles. The van der Waals surface area contributed by atoms with E-state index in [-0.39, 0.29) is 19.1 Å². The van der Waals surface area contributed by atoms with Crippen LogP contribution >= 0.6 is 0 Å². The van der Waals surface area contributed by atoms with E-state index in [1.807, 2.05) is 121 Å². The third-order valence-electron chi connectivity index (χ3n) is 12.8. The van der Waals surface area contributed by atoms with E-state index >= 15 is 0 Å². The predicted octanol–water partition coefficient (Wildman–Crippen LogP) is 6.78. The number of carbonyl (C=O) groups excluding carboxylic acids is 2. The SMILES string of the molecule is COc1ccc(Cc2ccc(C(OC[C@@H]3O[C@H](n4ccc(=O)n(C(=O)CNC(=O)OCC5c6ccccc6-c6ccccc65)c4=O)C(N)C3O)c3ccc(Cc4ccc(OC)cc4)cc3)cc2)cc1.